The van der Waals surface area contributed by atoms with E-state index in [0.29, 0.717) is 19.7 Å². The molecule has 1 fully saturated rings. The van der Waals surface area contributed by atoms with Crippen LogP contribution in [0.5, 0.6) is 0 Å². The van der Waals surface area contributed by atoms with E-state index in [1.54, 1.807) is 10.9 Å². The van der Waals surface area contributed by atoms with Gasteiger partial charge in [-0.1, -0.05) is 18.6 Å². The van der Waals surface area contributed by atoms with Crippen LogP contribution in [0.3, 0.4) is 0 Å². The van der Waals surface area contributed by atoms with E-state index < -0.39 is 0 Å². The summed E-state index contributed by atoms with van der Waals surface area (Å²) in [5, 5.41) is 8.02. The van der Waals surface area contributed by atoms with Gasteiger partial charge in [0.05, 0.1) is 30.6 Å². The molecule has 2 heterocycles. The molecule has 7 heteroatoms. The van der Waals surface area contributed by atoms with Crippen LogP contribution >= 0.6 is 0 Å². The largest absolute Gasteiger partial charge is 0.375 e. The van der Waals surface area contributed by atoms with Crippen LogP contribution in [-0.4, -0.2) is 51.6 Å². The molecule has 0 saturated carbocycles. The van der Waals surface area contributed by atoms with Crippen molar-refractivity contribution in [1.82, 2.24) is 19.9 Å². The monoisotopic (exact) mass is 281 g/mol. The molecule has 1 aromatic rings. The number of nitrogens with zero attached hydrogens (tertiary/aromatic N) is 4. The van der Waals surface area contributed by atoms with E-state index in [0.717, 1.165) is 18.5 Å². The minimum absolute atomic E-state index is 0.0423. The number of amides is 1. The highest BCUT2D eigenvalue weighted by atomic mass is 16.5. The van der Waals surface area contributed by atoms with Crippen LogP contribution in [0.4, 0.5) is 0 Å². The number of hydrogen-bond acceptors (Lipinski definition) is 5. The molecule has 1 amide bonds. The van der Waals surface area contributed by atoms with Gasteiger partial charge < -0.3 is 15.4 Å². The second-order valence-corrected chi connectivity index (χ2v) is 5.26. The van der Waals surface area contributed by atoms with Gasteiger partial charge in [-0.25, -0.2) is 4.68 Å². The maximum Gasteiger partial charge on any atom is 0.244 e. The van der Waals surface area contributed by atoms with E-state index in [-0.39, 0.29) is 24.6 Å². The van der Waals surface area contributed by atoms with E-state index in [9.17, 15) is 4.79 Å². The molecule has 2 unspecified atom stereocenters. The SMILES string of the molecule is CCCC(N)c1cn(CC(=O)N2CCOC(C)C2)nn1. The summed E-state index contributed by atoms with van der Waals surface area (Å²) in [7, 11) is 0. The minimum atomic E-state index is -0.104. The minimum Gasteiger partial charge on any atom is -0.375 e. The van der Waals surface area contributed by atoms with Gasteiger partial charge in [-0.3, -0.25) is 4.79 Å². The van der Waals surface area contributed by atoms with Gasteiger partial charge in [-0.15, -0.1) is 5.10 Å². The molecule has 0 radical (unpaired) electrons. The fraction of sp³-hybridized carbons (Fsp3) is 0.769. The molecule has 0 bridgehead atoms. The molecule has 0 spiro atoms. The number of ether oxygens (including phenoxy) is 1. The van der Waals surface area contributed by atoms with Gasteiger partial charge in [0.25, 0.3) is 0 Å². The van der Waals surface area contributed by atoms with E-state index in [4.69, 9.17) is 10.5 Å². The molecule has 2 rings (SSSR count). The van der Waals surface area contributed by atoms with Crippen LogP contribution < -0.4 is 5.73 Å². The lowest BCUT2D eigenvalue weighted by atomic mass is 10.1. The summed E-state index contributed by atoms with van der Waals surface area (Å²) in [6, 6.07) is -0.104. The molecule has 1 aliphatic rings. The van der Waals surface area contributed by atoms with E-state index in [2.05, 4.69) is 17.2 Å². The van der Waals surface area contributed by atoms with E-state index in [1.807, 2.05) is 11.8 Å². The highest BCUT2D eigenvalue weighted by Crippen LogP contribution is 2.12. The Bertz CT molecular complexity index is 448. The Labute approximate surface area is 119 Å². The molecule has 0 aliphatic carbocycles. The lowest BCUT2D eigenvalue weighted by Gasteiger charge is -2.31. The maximum absolute atomic E-state index is 12.2. The summed E-state index contributed by atoms with van der Waals surface area (Å²) in [6.07, 6.45) is 3.73. The van der Waals surface area contributed by atoms with Gasteiger partial charge >= 0.3 is 0 Å². The van der Waals surface area contributed by atoms with Crippen LogP contribution in [0.25, 0.3) is 0 Å². The predicted octanol–water partition coefficient (Wildman–Crippen LogP) is 0.325. The average Bonchev–Trinajstić information content (AvgIpc) is 2.87. The fourth-order valence-electron chi connectivity index (χ4n) is 2.30. The molecule has 7 nitrogen and oxygen atoms in total. The standard InChI is InChI=1S/C13H23N5O2/c1-3-4-11(14)12-8-18(16-15-12)9-13(19)17-5-6-20-10(2)7-17/h8,10-11H,3-7,9,14H2,1-2H3. The third kappa shape index (κ3) is 3.77. The van der Waals surface area contributed by atoms with Gasteiger partial charge in [0.2, 0.25) is 5.91 Å². The first kappa shape index (κ1) is 14.9. The quantitative estimate of drug-likeness (QED) is 0.840. The van der Waals surface area contributed by atoms with Crippen molar-refractivity contribution >= 4 is 5.91 Å². The zero-order valence-corrected chi connectivity index (χ0v) is 12.2. The van der Waals surface area contributed by atoms with Crippen LogP contribution in [-0.2, 0) is 16.1 Å². The zero-order chi connectivity index (χ0) is 14.5. The number of aromatic nitrogens is 3. The Morgan fingerprint density at radius 2 is 2.45 bits per heavy atom. The summed E-state index contributed by atoms with van der Waals surface area (Å²) >= 11 is 0. The maximum atomic E-state index is 12.2. The second-order valence-electron chi connectivity index (χ2n) is 5.26. The van der Waals surface area contributed by atoms with Crippen molar-refractivity contribution in [2.75, 3.05) is 19.7 Å². The number of hydrogen-bond donors (Lipinski definition) is 1. The van der Waals surface area contributed by atoms with Crippen molar-refractivity contribution in [2.45, 2.75) is 45.4 Å². The third-order valence-corrected chi connectivity index (χ3v) is 3.43. The number of rotatable bonds is 5. The van der Waals surface area contributed by atoms with Gasteiger partial charge in [0, 0.05) is 13.1 Å². The Morgan fingerprint density at radius 1 is 1.65 bits per heavy atom. The second kappa shape index (κ2) is 6.81. The molecular formula is C13H23N5O2. The first-order valence-corrected chi connectivity index (χ1v) is 7.15. The van der Waals surface area contributed by atoms with E-state index >= 15 is 0 Å². The topological polar surface area (TPSA) is 86.3 Å². The highest BCUT2D eigenvalue weighted by molar-refractivity contribution is 5.76. The summed E-state index contributed by atoms with van der Waals surface area (Å²) < 4.78 is 6.99. The van der Waals surface area contributed by atoms with Crippen LogP contribution in [0.15, 0.2) is 6.20 Å². The first-order chi connectivity index (χ1) is 9.60. The van der Waals surface area contributed by atoms with Crippen LogP contribution in [0, 0.1) is 0 Å². The average molecular weight is 281 g/mol. The number of morpholine rings is 1. The van der Waals surface area contributed by atoms with Gasteiger partial charge in [-0.05, 0) is 13.3 Å². The summed E-state index contributed by atoms with van der Waals surface area (Å²) in [6.45, 7) is 6.12. The molecule has 1 aromatic heterocycles. The van der Waals surface area contributed by atoms with Crippen LogP contribution in [0.2, 0.25) is 0 Å². The normalized spacial score (nSPS) is 20.9. The Morgan fingerprint density at radius 3 is 3.15 bits per heavy atom. The van der Waals surface area contributed by atoms with Crippen molar-refractivity contribution in [3.63, 3.8) is 0 Å². The molecule has 0 aromatic carbocycles. The summed E-state index contributed by atoms with van der Waals surface area (Å²) in [5.74, 6) is 0.0423. The Kier molecular flexibility index (Phi) is 5.08. The summed E-state index contributed by atoms with van der Waals surface area (Å²) in [4.78, 5) is 14.0. The third-order valence-electron chi connectivity index (χ3n) is 3.43. The zero-order valence-electron chi connectivity index (χ0n) is 12.2. The van der Waals surface area contributed by atoms with E-state index in [1.165, 1.54) is 0 Å². The smallest absolute Gasteiger partial charge is 0.244 e. The van der Waals surface area contributed by atoms with Crippen molar-refractivity contribution in [3.8, 4) is 0 Å². The number of nitrogens with two attached hydrogens (primary N) is 1. The molecule has 20 heavy (non-hydrogen) atoms. The predicted molar refractivity (Wildman–Crippen MR) is 73.9 cm³/mol. The number of carbonyl (C=O) groups excluding carboxylic acids is 1. The van der Waals surface area contributed by atoms with Gasteiger partial charge in [0.15, 0.2) is 0 Å². The fourth-order valence-corrected chi connectivity index (χ4v) is 2.30. The van der Waals surface area contributed by atoms with Gasteiger partial charge in [-0.2, -0.15) is 0 Å². The van der Waals surface area contributed by atoms with Crippen molar-refractivity contribution in [3.05, 3.63) is 11.9 Å². The summed E-state index contributed by atoms with van der Waals surface area (Å²) in [5.41, 5.74) is 6.73. The van der Waals surface area contributed by atoms with Crippen molar-refractivity contribution in [1.29, 1.82) is 0 Å². The number of carbonyl (C=O) groups is 1. The molecule has 1 aliphatic heterocycles. The van der Waals surface area contributed by atoms with Crippen LogP contribution in [0.1, 0.15) is 38.4 Å². The van der Waals surface area contributed by atoms with Crippen molar-refractivity contribution in [2.24, 2.45) is 5.73 Å². The lowest BCUT2D eigenvalue weighted by molar-refractivity contribution is -0.139. The first-order valence-electron chi connectivity index (χ1n) is 7.15. The van der Waals surface area contributed by atoms with Crippen molar-refractivity contribution < 1.29 is 9.53 Å². The molecule has 112 valence electrons. The highest BCUT2D eigenvalue weighted by Gasteiger charge is 2.22. The Hall–Kier alpha value is -1.47. The van der Waals surface area contributed by atoms with Gasteiger partial charge in [0.1, 0.15) is 6.54 Å². The molecular weight excluding hydrogens is 258 g/mol. The Balaban J connectivity index is 1.91. The molecule has 1 saturated heterocycles. The lowest BCUT2D eigenvalue weighted by Crippen LogP contribution is -2.45. The molecule has 2 N–H and O–H groups in total. The molecule has 2 atom stereocenters.